The molecule has 1 aliphatic heterocycles. The van der Waals surface area contributed by atoms with Crippen molar-refractivity contribution in [2.75, 3.05) is 51.4 Å². The molecule has 13 nitrogen and oxygen atoms in total. The number of H-pyrrole nitrogens is 1. The molecule has 0 radical (unpaired) electrons. The molecule has 5 N–H and O–H groups in total. The van der Waals surface area contributed by atoms with Crippen molar-refractivity contribution in [2.45, 2.75) is 51.2 Å². The number of aromatic amines is 1. The van der Waals surface area contributed by atoms with Crippen molar-refractivity contribution in [3.05, 3.63) is 42.7 Å². The summed E-state index contributed by atoms with van der Waals surface area (Å²) in [5, 5.41) is 16.7. The highest BCUT2D eigenvalue weighted by molar-refractivity contribution is 5.98. The monoisotopic (exact) mass is 576 g/mol. The molecule has 1 saturated heterocycles. The molecule has 4 aromatic rings. The Morgan fingerprint density at radius 3 is 2.52 bits per heavy atom. The standard InChI is InChI=1S/C27H36N10O.C2H4O2/c1-35-9-11-36(12-10-35)20-4-6-21(7-5-20)37-27-24(26(28)32-17-33-27)25(34-37)18-3-8-22(23(13-18)38-2)30-15-19-14-29-16-31-19;1-2(3)4/h3,8,13-14,16-17,20-21,30H,4-7,9-12,15H2,1-2H3,(H,29,31)(H2,28,32,33);1H3,(H,3,4). The first-order valence-corrected chi connectivity index (χ1v) is 14.3. The number of fused-ring (bicyclic) bond motifs is 1. The highest BCUT2D eigenvalue weighted by atomic mass is 16.5. The van der Waals surface area contributed by atoms with Crippen molar-refractivity contribution in [1.82, 2.24) is 39.5 Å². The quantitative estimate of drug-likeness (QED) is 0.255. The highest BCUT2D eigenvalue weighted by Gasteiger charge is 2.30. The van der Waals surface area contributed by atoms with Crippen LogP contribution in [0.1, 0.15) is 44.3 Å². The number of likely N-dealkylation sites (N-methyl/N-ethyl adjacent to an activating group) is 1. The number of carbonyl (C=O) groups is 1. The van der Waals surface area contributed by atoms with Gasteiger partial charge in [-0.3, -0.25) is 9.69 Å². The molecule has 1 aliphatic carbocycles. The molecule has 0 unspecified atom stereocenters. The average Bonchev–Trinajstić information content (AvgIpc) is 3.65. The van der Waals surface area contributed by atoms with E-state index in [4.69, 9.17) is 25.5 Å². The minimum absolute atomic E-state index is 0.293. The fourth-order valence-corrected chi connectivity index (χ4v) is 5.86. The second-order valence-corrected chi connectivity index (χ2v) is 10.9. The van der Waals surface area contributed by atoms with Crippen LogP contribution in [0.15, 0.2) is 37.1 Å². The number of aromatic nitrogens is 6. The van der Waals surface area contributed by atoms with Crippen molar-refractivity contribution < 1.29 is 14.6 Å². The lowest BCUT2D eigenvalue weighted by Crippen LogP contribution is -2.49. The number of imidazole rings is 1. The summed E-state index contributed by atoms with van der Waals surface area (Å²) in [5.41, 5.74) is 10.8. The van der Waals surface area contributed by atoms with Crippen molar-refractivity contribution in [1.29, 1.82) is 0 Å². The molecular formula is C29H40N10O3. The Kier molecular flexibility index (Phi) is 9.18. The topological polar surface area (TPSA) is 163 Å². The molecule has 3 aromatic heterocycles. The van der Waals surface area contributed by atoms with Gasteiger partial charge in [-0.2, -0.15) is 5.10 Å². The lowest BCUT2D eigenvalue weighted by Gasteiger charge is -2.41. The van der Waals surface area contributed by atoms with Crippen molar-refractivity contribution in [3.63, 3.8) is 0 Å². The zero-order valence-corrected chi connectivity index (χ0v) is 24.5. The van der Waals surface area contributed by atoms with Crippen molar-refractivity contribution in [2.24, 2.45) is 0 Å². The van der Waals surface area contributed by atoms with Crippen LogP contribution in [0, 0.1) is 0 Å². The maximum Gasteiger partial charge on any atom is 0.300 e. The highest BCUT2D eigenvalue weighted by Crippen LogP contribution is 2.39. The Labute approximate surface area is 245 Å². The van der Waals surface area contributed by atoms with Crippen LogP contribution in [0.4, 0.5) is 11.5 Å². The molecule has 0 amide bonds. The third kappa shape index (κ3) is 6.63. The van der Waals surface area contributed by atoms with Crippen LogP contribution in [0.3, 0.4) is 0 Å². The number of nitrogens with two attached hydrogens (primary N) is 1. The lowest BCUT2D eigenvalue weighted by atomic mass is 9.90. The van der Waals surface area contributed by atoms with Crippen LogP contribution >= 0.6 is 0 Å². The van der Waals surface area contributed by atoms with Gasteiger partial charge in [0.1, 0.15) is 23.6 Å². The van der Waals surface area contributed by atoms with Crippen molar-refractivity contribution >= 4 is 28.5 Å². The van der Waals surface area contributed by atoms with Gasteiger partial charge in [0.15, 0.2) is 5.65 Å². The zero-order valence-electron chi connectivity index (χ0n) is 24.5. The average molecular weight is 577 g/mol. The number of hydrogen-bond acceptors (Lipinski definition) is 10. The molecule has 0 atom stereocenters. The van der Waals surface area contributed by atoms with E-state index in [2.05, 4.69) is 46.8 Å². The molecular weight excluding hydrogens is 536 g/mol. The largest absolute Gasteiger partial charge is 0.495 e. The summed E-state index contributed by atoms with van der Waals surface area (Å²) in [6, 6.07) is 7.00. The summed E-state index contributed by atoms with van der Waals surface area (Å²) in [6.45, 7) is 6.34. The van der Waals surface area contributed by atoms with E-state index in [1.165, 1.54) is 25.9 Å². The third-order valence-electron chi connectivity index (χ3n) is 8.08. The number of anilines is 2. The first-order valence-electron chi connectivity index (χ1n) is 14.3. The molecule has 6 rings (SSSR count). The van der Waals surface area contributed by atoms with E-state index in [1.54, 1.807) is 26.0 Å². The maximum atomic E-state index is 9.00. The molecule has 2 aliphatic rings. The van der Waals surface area contributed by atoms with Crippen LogP contribution in [-0.2, 0) is 11.3 Å². The predicted molar refractivity (Wildman–Crippen MR) is 161 cm³/mol. The van der Waals surface area contributed by atoms with Gasteiger partial charge < -0.3 is 30.8 Å². The number of nitrogens with zero attached hydrogens (tertiary/aromatic N) is 7. The first-order chi connectivity index (χ1) is 20.3. The summed E-state index contributed by atoms with van der Waals surface area (Å²) in [4.78, 5) is 30.2. The second-order valence-electron chi connectivity index (χ2n) is 10.9. The fourth-order valence-electron chi connectivity index (χ4n) is 5.86. The van der Waals surface area contributed by atoms with Gasteiger partial charge in [0.05, 0.1) is 42.8 Å². The Morgan fingerprint density at radius 1 is 1.14 bits per heavy atom. The van der Waals surface area contributed by atoms with Gasteiger partial charge in [0, 0.05) is 50.9 Å². The molecule has 0 spiro atoms. The summed E-state index contributed by atoms with van der Waals surface area (Å²) in [7, 11) is 3.89. The number of aliphatic carboxylic acids is 1. The Morgan fingerprint density at radius 2 is 1.86 bits per heavy atom. The molecule has 2 fully saturated rings. The number of nitrogen functional groups attached to an aromatic ring is 1. The minimum Gasteiger partial charge on any atom is -0.495 e. The number of methoxy groups -OCH3 is 1. The van der Waals surface area contributed by atoms with Gasteiger partial charge in [-0.1, -0.05) is 6.07 Å². The number of ether oxygens (including phenoxy) is 1. The van der Waals surface area contributed by atoms with Crippen LogP contribution in [-0.4, -0.2) is 97.0 Å². The van der Waals surface area contributed by atoms with Crippen LogP contribution in [0.5, 0.6) is 5.75 Å². The van der Waals surface area contributed by atoms with Gasteiger partial charge in [-0.15, -0.1) is 0 Å². The summed E-state index contributed by atoms with van der Waals surface area (Å²) >= 11 is 0. The van der Waals surface area contributed by atoms with Gasteiger partial charge >= 0.3 is 0 Å². The van der Waals surface area contributed by atoms with Gasteiger partial charge in [0.25, 0.3) is 5.97 Å². The Bertz CT molecular complexity index is 1470. The molecule has 13 heteroatoms. The molecule has 0 bridgehead atoms. The third-order valence-corrected chi connectivity index (χ3v) is 8.08. The first kappa shape index (κ1) is 29.3. The summed E-state index contributed by atoms with van der Waals surface area (Å²) in [6.07, 6.45) is 9.52. The SMILES string of the molecule is CC(=O)O.COc1cc(-c2nn(C3CCC(N4CCN(C)CC4)CC3)c3ncnc(N)c23)ccc1NCc1cnc[nH]1. The number of nitrogens with one attached hydrogen (secondary N) is 2. The van der Waals surface area contributed by atoms with E-state index < -0.39 is 5.97 Å². The summed E-state index contributed by atoms with van der Waals surface area (Å²) < 4.78 is 7.82. The van der Waals surface area contributed by atoms with Crippen LogP contribution in [0.25, 0.3) is 22.3 Å². The number of benzene rings is 1. The fraction of sp³-hybridized carbons (Fsp3) is 0.483. The molecule has 42 heavy (non-hydrogen) atoms. The second kappa shape index (κ2) is 13.2. The van der Waals surface area contributed by atoms with Crippen molar-refractivity contribution in [3.8, 4) is 17.0 Å². The number of piperazine rings is 1. The maximum absolute atomic E-state index is 9.00. The summed E-state index contributed by atoms with van der Waals surface area (Å²) in [5.74, 6) is 0.343. The number of rotatable bonds is 7. The van der Waals surface area contributed by atoms with E-state index >= 15 is 0 Å². The minimum atomic E-state index is -0.833. The predicted octanol–water partition coefficient (Wildman–Crippen LogP) is 3.24. The number of carboxylic acid groups (broad SMARTS) is 1. The molecule has 4 heterocycles. The van der Waals surface area contributed by atoms with Crippen LogP contribution < -0.4 is 15.8 Å². The van der Waals surface area contributed by atoms with E-state index in [0.717, 1.165) is 72.3 Å². The Hall–Kier alpha value is -4.23. The number of hydrogen-bond donors (Lipinski definition) is 4. The molecule has 1 aromatic carbocycles. The Balaban J connectivity index is 0.000000830. The van der Waals surface area contributed by atoms with Gasteiger partial charge in [0.2, 0.25) is 0 Å². The molecule has 224 valence electrons. The van der Waals surface area contributed by atoms with Gasteiger partial charge in [-0.25, -0.2) is 19.6 Å². The van der Waals surface area contributed by atoms with Gasteiger partial charge in [-0.05, 0) is 44.9 Å². The van der Waals surface area contributed by atoms with E-state index in [1.807, 2.05) is 18.2 Å². The van der Waals surface area contributed by atoms with E-state index in [0.29, 0.717) is 24.4 Å². The van der Waals surface area contributed by atoms with E-state index in [-0.39, 0.29) is 0 Å². The lowest BCUT2D eigenvalue weighted by molar-refractivity contribution is -0.134. The molecule has 1 saturated carbocycles. The van der Waals surface area contributed by atoms with E-state index in [9.17, 15) is 0 Å². The smallest absolute Gasteiger partial charge is 0.300 e. The number of carboxylic acids is 1. The normalized spacial score (nSPS) is 19.7. The van der Waals surface area contributed by atoms with Crippen LogP contribution in [0.2, 0.25) is 0 Å². The zero-order chi connectivity index (χ0) is 29.6.